The van der Waals surface area contributed by atoms with Gasteiger partial charge in [0.25, 0.3) is 0 Å². The molecule has 5 heteroatoms. The molecule has 3 rings (SSSR count). The van der Waals surface area contributed by atoms with Crippen LogP contribution in [0.2, 0.25) is 0 Å². The molecule has 0 bridgehead atoms. The maximum absolute atomic E-state index is 13.5. The molecule has 1 aliphatic heterocycles. The van der Waals surface area contributed by atoms with E-state index in [1.807, 2.05) is 0 Å². The van der Waals surface area contributed by atoms with Crippen LogP contribution in [0.5, 0.6) is 11.5 Å². The number of epoxide rings is 1. The zero-order valence-electron chi connectivity index (χ0n) is 12.4. The average Bonchev–Trinajstić information content (AvgIpc) is 3.24. The number of ether oxygens (including phenoxy) is 1. The van der Waals surface area contributed by atoms with E-state index < -0.39 is 5.82 Å². The van der Waals surface area contributed by atoms with Crippen molar-refractivity contribution >= 4 is 5.69 Å². The van der Waals surface area contributed by atoms with Crippen molar-refractivity contribution < 1.29 is 19.3 Å². The highest BCUT2D eigenvalue weighted by Gasteiger charge is 2.41. The minimum atomic E-state index is -0.675. The van der Waals surface area contributed by atoms with Gasteiger partial charge in [-0.15, -0.1) is 0 Å². The van der Waals surface area contributed by atoms with Crippen molar-refractivity contribution in [3.63, 3.8) is 0 Å². The number of phenolic OH excluding ortho intramolecular Hbond substituents is 2. The maximum atomic E-state index is 13.5. The smallest absolute Gasteiger partial charge is 0.165 e. The summed E-state index contributed by atoms with van der Waals surface area (Å²) in [4.78, 5) is 0. The van der Waals surface area contributed by atoms with Gasteiger partial charge < -0.3 is 20.3 Å². The highest BCUT2D eigenvalue weighted by Crippen LogP contribution is 2.36. The lowest BCUT2D eigenvalue weighted by molar-refractivity contribution is 0.341. The Labute approximate surface area is 128 Å². The third-order valence-electron chi connectivity index (χ3n) is 3.76. The van der Waals surface area contributed by atoms with Gasteiger partial charge in [0.15, 0.2) is 17.8 Å². The summed E-state index contributed by atoms with van der Waals surface area (Å²) in [5, 5.41) is 22.3. The first-order valence-corrected chi connectivity index (χ1v) is 7.19. The molecule has 22 heavy (non-hydrogen) atoms. The van der Waals surface area contributed by atoms with E-state index in [9.17, 15) is 14.6 Å². The molecule has 2 aromatic rings. The number of hydrogen-bond acceptors (Lipinski definition) is 4. The second-order valence-electron chi connectivity index (χ2n) is 5.81. The molecule has 3 N–H and O–H groups in total. The van der Waals surface area contributed by atoms with Gasteiger partial charge >= 0.3 is 0 Å². The molecular weight excluding hydrogens is 285 g/mol. The SMILES string of the molecule is CC(C)C1OC1Nc1cc(-c2ccc(O)c(F)c2)ccc1O. The fourth-order valence-electron chi connectivity index (χ4n) is 2.42. The fourth-order valence-corrected chi connectivity index (χ4v) is 2.42. The summed E-state index contributed by atoms with van der Waals surface area (Å²) in [6.45, 7) is 4.14. The molecule has 2 unspecified atom stereocenters. The molecule has 2 aromatic carbocycles. The van der Waals surface area contributed by atoms with Crippen LogP contribution in [0.4, 0.5) is 10.1 Å². The monoisotopic (exact) mass is 303 g/mol. The molecule has 0 aromatic heterocycles. The van der Waals surface area contributed by atoms with Gasteiger partial charge in [-0.3, -0.25) is 0 Å². The number of rotatable bonds is 4. The molecular formula is C17H18FNO3. The van der Waals surface area contributed by atoms with E-state index >= 15 is 0 Å². The van der Waals surface area contributed by atoms with Gasteiger partial charge in [0, 0.05) is 0 Å². The first kappa shape index (κ1) is 14.7. The van der Waals surface area contributed by atoms with Gasteiger partial charge in [0.05, 0.1) is 5.69 Å². The zero-order chi connectivity index (χ0) is 15.9. The predicted octanol–water partition coefficient (Wildman–Crippen LogP) is 3.70. The minimum Gasteiger partial charge on any atom is -0.506 e. The molecule has 0 saturated carbocycles. The number of anilines is 1. The molecule has 116 valence electrons. The van der Waals surface area contributed by atoms with E-state index in [-0.39, 0.29) is 23.8 Å². The summed E-state index contributed by atoms with van der Waals surface area (Å²) in [6.07, 6.45) is 0.0203. The van der Waals surface area contributed by atoms with E-state index in [1.54, 1.807) is 24.3 Å². The van der Waals surface area contributed by atoms with Gasteiger partial charge in [-0.05, 0) is 41.3 Å². The third kappa shape index (κ3) is 2.85. The van der Waals surface area contributed by atoms with Crippen LogP contribution in [0.25, 0.3) is 11.1 Å². The Morgan fingerprint density at radius 1 is 1.05 bits per heavy atom. The van der Waals surface area contributed by atoms with Crippen molar-refractivity contribution in [1.29, 1.82) is 0 Å². The topological polar surface area (TPSA) is 65.0 Å². The molecule has 0 radical (unpaired) electrons. The van der Waals surface area contributed by atoms with Crippen molar-refractivity contribution in [2.75, 3.05) is 5.32 Å². The second kappa shape index (κ2) is 5.50. The fraction of sp³-hybridized carbons (Fsp3) is 0.294. The van der Waals surface area contributed by atoms with Crippen LogP contribution in [0.15, 0.2) is 36.4 Å². The Balaban J connectivity index is 1.85. The summed E-state index contributed by atoms with van der Waals surface area (Å²) in [5.41, 5.74) is 1.90. The largest absolute Gasteiger partial charge is 0.506 e. The number of nitrogens with one attached hydrogen (secondary N) is 1. The van der Waals surface area contributed by atoms with Crippen LogP contribution in [0.3, 0.4) is 0 Å². The molecule has 1 aliphatic rings. The van der Waals surface area contributed by atoms with Crippen molar-refractivity contribution in [3.05, 3.63) is 42.2 Å². The van der Waals surface area contributed by atoms with E-state index in [0.29, 0.717) is 17.2 Å². The minimum absolute atomic E-state index is 0.112. The second-order valence-corrected chi connectivity index (χ2v) is 5.81. The predicted molar refractivity (Wildman–Crippen MR) is 82.3 cm³/mol. The molecule has 1 heterocycles. The van der Waals surface area contributed by atoms with E-state index in [1.165, 1.54) is 12.1 Å². The summed E-state index contributed by atoms with van der Waals surface area (Å²) in [6, 6.07) is 9.17. The van der Waals surface area contributed by atoms with Crippen molar-refractivity contribution in [1.82, 2.24) is 0 Å². The highest BCUT2D eigenvalue weighted by atomic mass is 19.1. The van der Waals surface area contributed by atoms with E-state index in [2.05, 4.69) is 19.2 Å². The maximum Gasteiger partial charge on any atom is 0.165 e. The lowest BCUT2D eigenvalue weighted by Crippen LogP contribution is -2.11. The van der Waals surface area contributed by atoms with Crippen LogP contribution in [-0.4, -0.2) is 22.5 Å². The van der Waals surface area contributed by atoms with Crippen LogP contribution in [0, 0.1) is 11.7 Å². The quantitative estimate of drug-likeness (QED) is 0.595. The van der Waals surface area contributed by atoms with E-state index in [0.717, 1.165) is 5.56 Å². The third-order valence-corrected chi connectivity index (χ3v) is 3.76. The molecule has 0 aliphatic carbocycles. The standard InChI is InChI=1S/C17H18FNO3/c1-9(2)16-17(22-16)19-13-8-11(4-6-15(13)21)10-3-5-14(20)12(18)7-10/h3-9,16-17,19-21H,1-2H3. The summed E-state index contributed by atoms with van der Waals surface area (Å²) in [5.74, 6) is -0.549. The first-order chi connectivity index (χ1) is 10.5. The molecule has 2 atom stereocenters. The number of benzene rings is 2. The number of aromatic hydroxyl groups is 2. The Morgan fingerprint density at radius 3 is 2.27 bits per heavy atom. The lowest BCUT2D eigenvalue weighted by atomic mass is 10.0. The Morgan fingerprint density at radius 2 is 1.68 bits per heavy atom. The number of hydrogen-bond donors (Lipinski definition) is 3. The van der Waals surface area contributed by atoms with Gasteiger partial charge in [0.1, 0.15) is 11.9 Å². The molecule has 1 saturated heterocycles. The highest BCUT2D eigenvalue weighted by molar-refractivity contribution is 5.72. The van der Waals surface area contributed by atoms with Gasteiger partial charge in [0.2, 0.25) is 0 Å². The number of halogens is 1. The zero-order valence-corrected chi connectivity index (χ0v) is 12.4. The van der Waals surface area contributed by atoms with Crippen LogP contribution < -0.4 is 5.32 Å². The van der Waals surface area contributed by atoms with Gasteiger partial charge in [-0.2, -0.15) is 0 Å². The van der Waals surface area contributed by atoms with Crippen LogP contribution in [-0.2, 0) is 4.74 Å². The summed E-state index contributed by atoms with van der Waals surface area (Å²) < 4.78 is 19.0. The van der Waals surface area contributed by atoms with Crippen LogP contribution in [0.1, 0.15) is 13.8 Å². The van der Waals surface area contributed by atoms with Crippen molar-refractivity contribution in [3.8, 4) is 22.6 Å². The Kier molecular flexibility index (Phi) is 3.66. The van der Waals surface area contributed by atoms with Crippen molar-refractivity contribution in [2.45, 2.75) is 26.2 Å². The Hall–Kier alpha value is -2.27. The Bertz CT molecular complexity index is 702. The lowest BCUT2D eigenvalue weighted by Gasteiger charge is -2.10. The van der Waals surface area contributed by atoms with Crippen LogP contribution >= 0.6 is 0 Å². The summed E-state index contributed by atoms with van der Waals surface area (Å²) in [7, 11) is 0. The molecule has 4 nitrogen and oxygen atoms in total. The normalized spacial score (nSPS) is 20.2. The van der Waals surface area contributed by atoms with Gasteiger partial charge in [-0.25, -0.2) is 4.39 Å². The average molecular weight is 303 g/mol. The molecule has 1 fully saturated rings. The first-order valence-electron chi connectivity index (χ1n) is 7.19. The molecule has 0 amide bonds. The van der Waals surface area contributed by atoms with E-state index in [4.69, 9.17) is 4.74 Å². The van der Waals surface area contributed by atoms with Crippen molar-refractivity contribution in [2.24, 2.45) is 5.92 Å². The van der Waals surface area contributed by atoms with Gasteiger partial charge in [-0.1, -0.05) is 26.0 Å². The molecule has 0 spiro atoms. The summed E-state index contributed by atoms with van der Waals surface area (Å²) >= 11 is 0. The number of phenols is 2.